The van der Waals surface area contributed by atoms with Crippen LogP contribution in [-0.4, -0.2) is 56.7 Å². The standard InChI is InChI=1S/C23H35N3O2/c1-19-7-9-21(10-8-19)22(18-26-13-15-28-16-14-26)25-17-23(27)24-12-11-20-5-3-2-4-6-20/h5,7-10,22,25H,2-4,6,11-18H2,1H3,(H,24,27)/t22-/m0/s1. The molecule has 0 saturated carbocycles. The Labute approximate surface area is 169 Å². The number of hydrogen-bond donors (Lipinski definition) is 2. The van der Waals surface area contributed by atoms with E-state index in [0.29, 0.717) is 6.54 Å². The van der Waals surface area contributed by atoms with Gasteiger partial charge in [-0.1, -0.05) is 41.5 Å². The molecule has 5 nitrogen and oxygen atoms in total. The van der Waals surface area contributed by atoms with Crippen molar-refractivity contribution in [1.82, 2.24) is 15.5 Å². The van der Waals surface area contributed by atoms with Crippen LogP contribution in [0.3, 0.4) is 0 Å². The Kier molecular flexibility index (Phi) is 8.52. The third kappa shape index (κ3) is 7.04. The lowest BCUT2D eigenvalue weighted by Gasteiger charge is -2.31. The quantitative estimate of drug-likeness (QED) is 0.642. The summed E-state index contributed by atoms with van der Waals surface area (Å²) < 4.78 is 5.46. The summed E-state index contributed by atoms with van der Waals surface area (Å²) in [6.07, 6.45) is 8.34. The largest absolute Gasteiger partial charge is 0.379 e. The molecule has 1 aliphatic carbocycles. The summed E-state index contributed by atoms with van der Waals surface area (Å²) in [5.41, 5.74) is 3.99. The highest BCUT2D eigenvalue weighted by Crippen LogP contribution is 2.19. The van der Waals surface area contributed by atoms with Gasteiger partial charge >= 0.3 is 0 Å². The highest BCUT2D eigenvalue weighted by Gasteiger charge is 2.19. The molecule has 0 spiro atoms. The topological polar surface area (TPSA) is 53.6 Å². The minimum Gasteiger partial charge on any atom is -0.379 e. The Morgan fingerprint density at radius 1 is 1.18 bits per heavy atom. The van der Waals surface area contributed by atoms with Gasteiger partial charge in [0.2, 0.25) is 5.91 Å². The van der Waals surface area contributed by atoms with Crippen molar-refractivity contribution < 1.29 is 9.53 Å². The van der Waals surface area contributed by atoms with Gasteiger partial charge in [0.05, 0.1) is 19.8 Å². The maximum absolute atomic E-state index is 12.3. The normalized spacial score (nSPS) is 19.1. The number of hydrogen-bond acceptors (Lipinski definition) is 4. The third-order valence-corrected chi connectivity index (χ3v) is 5.69. The second-order valence-electron chi connectivity index (χ2n) is 7.97. The van der Waals surface area contributed by atoms with Crippen molar-refractivity contribution >= 4 is 5.91 Å². The van der Waals surface area contributed by atoms with Crippen LogP contribution in [0.2, 0.25) is 0 Å². The van der Waals surface area contributed by atoms with E-state index in [1.165, 1.54) is 42.4 Å². The van der Waals surface area contributed by atoms with Crippen LogP contribution in [0, 0.1) is 6.92 Å². The summed E-state index contributed by atoms with van der Waals surface area (Å²) in [6, 6.07) is 8.76. The maximum Gasteiger partial charge on any atom is 0.233 e. The van der Waals surface area contributed by atoms with Gasteiger partial charge in [-0.2, -0.15) is 0 Å². The van der Waals surface area contributed by atoms with Gasteiger partial charge in [0.25, 0.3) is 0 Å². The zero-order chi connectivity index (χ0) is 19.6. The van der Waals surface area contributed by atoms with E-state index in [0.717, 1.165) is 45.8 Å². The highest BCUT2D eigenvalue weighted by atomic mass is 16.5. The molecule has 5 heteroatoms. The van der Waals surface area contributed by atoms with Crippen LogP contribution in [0.4, 0.5) is 0 Å². The van der Waals surface area contributed by atoms with Crippen LogP contribution in [-0.2, 0) is 9.53 Å². The van der Waals surface area contributed by atoms with Crippen LogP contribution in [0.15, 0.2) is 35.9 Å². The fourth-order valence-electron chi connectivity index (χ4n) is 3.90. The van der Waals surface area contributed by atoms with E-state index in [1.54, 1.807) is 0 Å². The van der Waals surface area contributed by atoms with Crippen molar-refractivity contribution in [3.8, 4) is 0 Å². The van der Waals surface area contributed by atoms with E-state index in [2.05, 4.69) is 52.8 Å². The van der Waals surface area contributed by atoms with Gasteiger partial charge in [-0.15, -0.1) is 0 Å². The summed E-state index contributed by atoms with van der Waals surface area (Å²) >= 11 is 0. The Morgan fingerprint density at radius 2 is 1.96 bits per heavy atom. The monoisotopic (exact) mass is 385 g/mol. The molecule has 154 valence electrons. The lowest BCUT2D eigenvalue weighted by molar-refractivity contribution is -0.120. The molecule has 0 radical (unpaired) electrons. The minimum absolute atomic E-state index is 0.0792. The van der Waals surface area contributed by atoms with Crippen molar-refractivity contribution in [2.45, 2.75) is 45.1 Å². The zero-order valence-corrected chi connectivity index (χ0v) is 17.2. The van der Waals surface area contributed by atoms with Crippen molar-refractivity contribution in [2.24, 2.45) is 0 Å². The predicted molar refractivity (Wildman–Crippen MR) is 113 cm³/mol. The number of amides is 1. The molecule has 1 aromatic carbocycles. The average Bonchev–Trinajstić information content (AvgIpc) is 2.73. The second-order valence-corrected chi connectivity index (χ2v) is 7.97. The van der Waals surface area contributed by atoms with Gasteiger partial charge in [-0.05, 0) is 44.6 Å². The van der Waals surface area contributed by atoms with Gasteiger partial charge in [-0.3, -0.25) is 9.69 Å². The number of morpholine rings is 1. The van der Waals surface area contributed by atoms with Gasteiger partial charge in [-0.25, -0.2) is 0 Å². The number of aryl methyl sites for hydroxylation is 1. The molecule has 0 aromatic heterocycles. The van der Waals surface area contributed by atoms with E-state index in [4.69, 9.17) is 4.74 Å². The molecule has 0 unspecified atom stereocenters. The Balaban J connectivity index is 1.47. The number of nitrogens with one attached hydrogen (secondary N) is 2. The van der Waals surface area contributed by atoms with E-state index in [1.807, 2.05) is 0 Å². The maximum atomic E-state index is 12.3. The van der Waals surface area contributed by atoms with Crippen molar-refractivity contribution in [3.05, 3.63) is 47.0 Å². The molecule has 1 saturated heterocycles. The smallest absolute Gasteiger partial charge is 0.233 e. The highest BCUT2D eigenvalue weighted by molar-refractivity contribution is 5.78. The molecule has 1 heterocycles. The molecule has 2 N–H and O–H groups in total. The molecule has 1 atom stereocenters. The molecular weight excluding hydrogens is 350 g/mol. The van der Waals surface area contributed by atoms with Crippen LogP contribution in [0.1, 0.15) is 49.3 Å². The van der Waals surface area contributed by atoms with Crippen LogP contribution >= 0.6 is 0 Å². The fourth-order valence-corrected chi connectivity index (χ4v) is 3.90. The molecule has 2 aliphatic rings. The van der Waals surface area contributed by atoms with Crippen LogP contribution < -0.4 is 10.6 Å². The zero-order valence-electron chi connectivity index (χ0n) is 17.2. The molecule has 1 fully saturated rings. The van der Waals surface area contributed by atoms with Crippen LogP contribution in [0.5, 0.6) is 0 Å². The lowest BCUT2D eigenvalue weighted by Crippen LogP contribution is -2.44. The minimum atomic E-state index is 0.0792. The Hall–Kier alpha value is -1.69. The SMILES string of the molecule is Cc1ccc([C@H](CN2CCOCC2)NCC(=O)NCCC2=CCCCC2)cc1. The summed E-state index contributed by atoms with van der Waals surface area (Å²) in [5.74, 6) is 0.0792. The van der Waals surface area contributed by atoms with Gasteiger partial charge in [0, 0.05) is 32.2 Å². The first-order valence-electron chi connectivity index (χ1n) is 10.8. The summed E-state index contributed by atoms with van der Waals surface area (Å²) in [7, 11) is 0. The Bertz CT molecular complexity index is 636. The number of carbonyl (C=O) groups is 1. The number of nitrogens with zero attached hydrogens (tertiary/aromatic N) is 1. The number of benzene rings is 1. The van der Waals surface area contributed by atoms with Crippen molar-refractivity contribution in [2.75, 3.05) is 45.9 Å². The molecule has 0 bridgehead atoms. The molecule has 3 rings (SSSR count). The predicted octanol–water partition coefficient (Wildman–Crippen LogP) is 2.96. The average molecular weight is 386 g/mol. The lowest BCUT2D eigenvalue weighted by atomic mass is 9.97. The van der Waals surface area contributed by atoms with E-state index in [-0.39, 0.29) is 11.9 Å². The number of rotatable bonds is 9. The summed E-state index contributed by atoms with van der Waals surface area (Å²) in [6.45, 7) is 7.56. The van der Waals surface area contributed by atoms with Crippen molar-refractivity contribution in [3.63, 3.8) is 0 Å². The molecule has 1 aliphatic heterocycles. The summed E-state index contributed by atoms with van der Waals surface area (Å²) in [5, 5.41) is 6.56. The molecular formula is C23H35N3O2. The molecule has 28 heavy (non-hydrogen) atoms. The first-order valence-corrected chi connectivity index (χ1v) is 10.8. The molecule has 1 amide bonds. The number of ether oxygens (including phenoxy) is 1. The second kappa shape index (κ2) is 11.3. The van der Waals surface area contributed by atoms with E-state index < -0.39 is 0 Å². The first-order chi connectivity index (χ1) is 13.7. The number of carbonyl (C=O) groups excluding carboxylic acids is 1. The first kappa shape index (κ1) is 21.0. The summed E-state index contributed by atoms with van der Waals surface area (Å²) in [4.78, 5) is 14.8. The van der Waals surface area contributed by atoms with E-state index in [9.17, 15) is 4.79 Å². The fraction of sp³-hybridized carbons (Fsp3) is 0.609. The third-order valence-electron chi connectivity index (χ3n) is 5.69. The van der Waals surface area contributed by atoms with Gasteiger partial charge < -0.3 is 15.4 Å². The van der Waals surface area contributed by atoms with Crippen LogP contribution in [0.25, 0.3) is 0 Å². The van der Waals surface area contributed by atoms with E-state index >= 15 is 0 Å². The Morgan fingerprint density at radius 3 is 2.68 bits per heavy atom. The molecule has 1 aromatic rings. The number of allylic oxidation sites excluding steroid dienone is 1. The van der Waals surface area contributed by atoms with Gasteiger partial charge in [0.15, 0.2) is 0 Å². The van der Waals surface area contributed by atoms with Crippen molar-refractivity contribution in [1.29, 1.82) is 0 Å². The van der Waals surface area contributed by atoms with Gasteiger partial charge in [0.1, 0.15) is 0 Å².